The summed E-state index contributed by atoms with van der Waals surface area (Å²) in [6, 6.07) is 13.4. The fourth-order valence-corrected chi connectivity index (χ4v) is 2.78. The maximum atomic E-state index is 2.34. The zero-order chi connectivity index (χ0) is 12.8. The van der Waals surface area contributed by atoms with Crippen molar-refractivity contribution in [3.05, 3.63) is 47.5 Å². The molecule has 0 heterocycles. The quantitative estimate of drug-likeness (QED) is 0.583. The van der Waals surface area contributed by atoms with Gasteiger partial charge in [0.05, 0.1) is 0 Å². The van der Waals surface area contributed by atoms with Crippen LogP contribution in [0.3, 0.4) is 0 Å². The van der Waals surface area contributed by atoms with E-state index in [0.717, 1.165) is 6.42 Å². The van der Waals surface area contributed by atoms with Crippen LogP contribution in [0.15, 0.2) is 36.4 Å². The van der Waals surface area contributed by atoms with Crippen LogP contribution in [0.5, 0.6) is 0 Å². The van der Waals surface area contributed by atoms with Crippen molar-refractivity contribution in [2.45, 2.75) is 52.4 Å². The van der Waals surface area contributed by atoms with Gasteiger partial charge in [-0.05, 0) is 41.2 Å². The summed E-state index contributed by atoms with van der Waals surface area (Å²) >= 11 is 0. The summed E-state index contributed by atoms with van der Waals surface area (Å²) in [4.78, 5) is 0. The van der Waals surface area contributed by atoms with Crippen LogP contribution >= 0.6 is 0 Å². The topological polar surface area (TPSA) is 0 Å². The summed E-state index contributed by atoms with van der Waals surface area (Å²) in [6.07, 6.45) is 7.78. The van der Waals surface area contributed by atoms with Crippen molar-refractivity contribution in [2.24, 2.45) is 0 Å². The minimum absolute atomic E-state index is 1.14. The number of hydrogen-bond acceptors (Lipinski definition) is 0. The smallest absolute Gasteiger partial charge is 0.0149 e. The van der Waals surface area contributed by atoms with E-state index in [1.807, 2.05) is 0 Å². The second kappa shape index (κ2) is 6.58. The van der Waals surface area contributed by atoms with Gasteiger partial charge in [-0.1, -0.05) is 69.5 Å². The number of aryl methyl sites for hydroxylation is 2. The Morgan fingerprint density at radius 3 is 2.44 bits per heavy atom. The Morgan fingerprint density at radius 1 is 0.833 bits per heavy atom. The molecule has 0 bridgehead atoms. The van der Waals surface area contributed by atoms with E-state index in [9.17, 15) is 0 Å². The molecule has 2 aromatic carbocycles. The van der Waals surface area contributed by atoms with Crippen molar-refractivity contribution in [3.8, 4) is 0 Å². The van der Waals surface area contributed by atoms with E-state index in [1.165, 1.54) is 42.9 Å². The van der Waals surface area contributed by atoms with Gasteiger partial charge in [-0.15, -0.1) is 0 Å². The summed E-state index contributed by atoms with van der Waals surface area (Å²) in [5, 5.41) is 2.83. The lowest BCUT2D eigenvalue weighted by atomic mass is 9.94. The molecule has 0 radical (unpaired) electrons. The van der Waals surface area contributed by atoms with E-state index in [2.05, 4.69) is 50.2 Å². The highest BCUT2D eigenvalue weighted by atomic mass is 14.1. The molecular formula is C18H24. The van der Waals surface area contributed by atoms with Crippen LogP contribution in [0.4, 0.5) is 0 Å². The molecule has 0 spiro atoms. The zero-order valence-corrected chi connectivity index (χ0v) is 11.7. The standard InChI is InChI=1S/C18H24/c1-3-5-6-7-10-15-13-14-16-11-8-9-12-18(16)17(15)4-2/h8-9,11-14H,3-7,10H2,1-2H3. The molecule has 0 saturated heterocycles. The van der Waals surface area contributed by atoms with Crippen LogP contribution in [0.1, 0.15) is 50.7 Å². The first kappa shape index (κ1) is 13.1. The number of benzene rings is 2. The number of unbranched alkanes of at least 4 members (excludes halogenated alkanes) is 3. The zero-order valence-electron chi connectivity index (χ0n) is 11.7. The molecule has 0 heteroatoms. The molecule has 0 amide bonds. The lowest BCUT2D eigenvalue weighted by Crippen LogP contribution is -1.95. The van der Waals surface area contributed by atoms with E-state index in [1.54, 1.807) is 11.1 Å². The Bertz CT molecular complexity index is 496. The monoisotopic (exact) mass is 240 g/mol. The number of rotatable bonds is 6. The lowest BCUT2D eigenvalue weighted by molar-refractivity contribution is 0.665. The molecule has 0 aromatic heterocycles. The average molecular weight is 240 g/mol. The first-order chi connectivity index (χ1) is 8.86. The first-order valence-corrected chi connectivity index (χ1v) is 7.36. The van der Waals surface area contributed by atoms with Gasteiger partial charge < -0.3 is 0 Å². The molecule has 0 nitrogen and oxygen atoms in total. The van der Waals surface area contributed by atoms with Gasteiger partial charge >= 0.3 is 0 Å². The molecule has 0 unspecified atom stereocenters. The van der Waals surface area contributed by atoms with Gasteiger partial charge in [-0.25, -0.2) is 0 Å². The minimum Gasteiger partial charge on any atom is -0.0654 e. The van der Waals surface area contributed by atoms with Crippen LogP contribution in [-0.2, 0) is 12.8 Å². The van der Waals surface area contributed by atoms with E-state index in [-0.39, 0.29) is 0 Å². The number of fused-ring (bicyclic) bond motifs is 1. The van der Waals surface area contributed by atoms with Crippen molar-refractivity contribution in [1.29, 1.82) is 0 Å². The van der Waals surface area contributed by atoms with Crippen LogP contribution in [0.2, 0.25) is 0 Å². The van der Waals surface area contributed by atoms with Crippen LogP contribution < -0.4 is 0 Å². The average Bonchev–Trinajstić information content (AvgIpc) is 2.43. The molecule has 2 aromatic rings. The number of hydrogen-bond donors (Lipinski definition) is 0. The largest absolute Gasteiger partial charge is 0.0654 e. The van der Waals surface area contributed by atoms with E-state index in [0.29, 0.717) is 0 Å². The highest BCUT2D eigenvalue weighted by Gasteiger charge is 2.05. The molecule has 0 saturated carbocycles. The lowest BCUT2D eigenvalue weighted by Gasteiger charge is -2.11. The van der Waals surface area contributed by atoms with Gasteiger partial charge in [0.2, 0.25) is 0 Å². The minimum atomic E-state index is 1.14. The Labute approximate surface area is 111 Å². The van der Waals surface area contributed by atoms with Gasteiger partial charge in [-0.2, -0.15) is 0 Å². The molecule has 0 atom stereocenters. The predicted molar refractivity (Wildman–Crippen MR) is 81.2 cm³/mol. The van der Waals surface area contributed by atoms with Gasteiger partial charge in [0.25, 0.3) is 0 Å². The van der Waals surface area contributed by atoms with Gasteiger partial charge in [0.1, 0.15) is 0 Å². The third-order valence-electron chi connectivity index (χ3n) is 3.79. The van der Waals surface area contributed by atoms with Crippen molar-refractivity contribution < 1.29 is 0 Å². The molecule has 0 aliphatic rings. The molecule has 18 heavy (non-hydrogen) atoms. The fourth-order valence-electron chi connectivity index (χ4n) is 2.78. The van der Waals surface area contributed by atoms with Crippen LogP contribution in [0, 0.1) is 0 Å². The first-order valence-electron chi connectivity index (χ1n) is 7.36. The Morgan fingerprint density at radius 2 is 1.67 bits per heavy atom. The maximum absolute atomic E-state index is 2.34. The fraction of sp³-hybridized carbons (Fsp3) is 0.444. The van der Waals surface area contributed by atoms with Gasteiger partial charge in [-0.3, -0.25) is 0 Å². The Kier molecular flexibility index (Phi) is 4.81. The van der Waals surface area contributed by atoms with Crippen molar-refractivity contribution in [2.75, 3.05) is 0 Å². The highest BCUT2D eigenvalue weighted by molar-refractivity contribution is 5.86. The predicted octanol–water partition coefficient (Wildman–Crippen LogP) is 5.53. The third-order valence-corrected chi connectivity index (χ3v) is 3.79. The highest BCUT2D eigenvalue weighted by Crippen LogP contribution is 2.24. The molecule has 0 aliphatic carbocycles. The molecule has 96 valence electrons. The van der Waals surface area contributed by atoms with E-state index >= 15 is 0 Å². The van der Waals surface area contributed by atoms with E-state index in [4.69, 9.17) is 0 Å². The summed E-state index contributed by atoms with van der Waals surface area (Å²) < 4.78 is 0. The summed E-state index contributed by atoms with van der Waals surface area (Å²) in [7, 11) is 0. The molecular weight excluding hydrogens is 216 g/mol. The molecule has 2 rings (SSSR count). The Balaban J connectivity index is 2.22. The normalized spacial score (nSPS) is 11.0. The summed E-state index contributed by atoms with van der Waals surface area (Å²) in [6.45, 7) is 4.55. The second-order valence-corrected chi connectivity index (χ2v) is 5.09. The maximum Gasteiger partial charge on any atom is -0.0149 e. The van der Waals surface area contributed by atoms with Crippen molar-refractivity contribution >= 4 is 10.8 Å². The summed E-state index contributed by atoms with van der Waals surface area (Å²) in [5.74, 6) is 0. The van der Waals surface area contributed by atoms with Gasteiger partial charge in [0.15, 0.2) is 0 Å². The SMILES string of the molecule is CCCCCCc1ccc2ccccc2c1CC. The molecule has 0 fully saturated rings. The molecule has 0 N–H and O–H groups in total. The van der Waals surface area contributed by atoms with Crippen molar-refractivity contribution in [3.63, 3.8) is 0 Å². The van der Waals surface area contributed by atoms with Crippen molar-refractivity contribution in [1.82, 2.24) is 0 Å². The van der Waals surface area contributed by atoms with Crippen LogP contribution in [0.25, 0.3) is 10.8 Å². The molecule has 0 aliphatic heterocycles. The van der Waals surface area contributed by atoms with E-state index < -0.39 is 0 Å². The van der Waals surface area contributed by atoms with Crippen LogP contribution in [-0.4, -0.2) is 0 Å². The summed E-state index contributed by atoms with van der Waals surface area (Å²) in [5.41, 5.74) is 3.12. The van der Waals surface area contributed by atoms with Gasteiger partial charge in [0, 0.05) is 0 Å². The Hall–Kier alpha value is -1.30. The third kappa shape index (κ3) is 2.93. The second-order valence-electron chi connectivity index (χ2n) is 5.09.